The van der Waals surface area contributed by atoms with Crippen molar-refractivity contribution >= 4 is 78.4 Å². The number of carbonyl (C=O) groups excluding carboxylic acids is 1. The Morgan fingerprint density at radius 1 is 0.711 bits per heavy atom. The van der Waals surface area contributed by atoms with E-state index in [9.17, 15) is 4.79 Å². The maximum Gasteiger partial charge on any atom is 0.270 e. The van der Waals surface area contributed by atoms with Crippen LogP contribution < -0.4 is 4.90 Å². The summed E-state index contributed by atoms with van der Waals surface area (Å²) in [6.07, 6.45) is 4.14. The van der Waals surface area contributed by atoms with E-state index >= 15 is 0 Å². The summed E-state index contributed by atoms with van der Waals surface area (Å²) in [6, 6.07) is 37.4. The molecule has 0 atom stereocenters. The van der Waals surface area contributed by atoms with Crippen LogP contribution >= 0.6 is 24.0 Å². The van der Waals surface area contributed by atoms with Crippen molar-refractivity contribution < 1.29 is 4.79 Å². The van der Waals surface area contributed by atoms with Crippen molar-refractivity contribution in [3.63, 3.8) is 0 Å². The Morgan fingerprint density at radius 3 is 2.16 bits per heavy atom. The highest BCUT2D eigenvalue weighted by molar-refractivity contribution is 8.27. The van der Waals surface area contributed by atoms with Gasteiger partial charge in [-0.25, -0.2) is 0 Å². The molecule has 0 spiro atoms. The molecule has 7 rings (SSSR count). The summed E-state index contributed by atoms with van der Waals surface area (Å²) in [5, 5.41) is 5.70. The highest BCUT2D eigenvalue weighted by Gasteiger charge is 2.34. The number of benzene rings is 5. The molecule has 1 amide bonds. The SMILES string of the molecule is O=C1/C(=C\c2cn(Cc3cccc4ccccc34)c3ccccc23)SC(=S)N1c1cccc2ccccc12. The first-order valence-electron chi connectivity index (χ1n) is 12.5. The van der Waals surface area contributed by atoms with Gasteiger partial charge in [-0.2, -0.15) is 0 Å². The van der Waals surface area contributed by atoms with Crippen LogP contribution in [0.15, 0.2) is 120 Å². The standard InChI is InChI=1S/C33H22N2OS2/c36-32-31(38-33(37)35(32)30-18-8-12-23-10-2-4-15-27(23)30)19-25-21-34(29-17-6-5-16-28(25)29)20-24-13-7-11-22-9-1-3-14-26(22)24/h1-19,21H,20H2/b31-19+. The molecular formula is C33H22N2OS2. The molecule has 1 fully saturated rings. The van der Waals surface area contributed by atoms with E-state index in [2.05, 4.69) is 83.6 Å². The smallest absolute Gasteiger partial charge is 0.270 e. The van der Waals surface area contributed by atoms with E-state index in [0.717, 1.165) is 39.5 Å². The second-order valence-corrected chi connectivity index (χ2v) is 11.1. The first kappa shape index (κ1) is 23.0. The normalized spacial score (nSPS) is 14.9. The molecular weight excluding hydrogens is 505 g/mol. The maximum atomic E-state index is 13.7. The van der Waals surface area contributed by atoms with E-state index in [1.165, 1.54) is 28.1 Å². The molecule has 0 unspecified atom stereocenters. The number of hydrogen-bond donors (Lipinski definition) is 0. The second-order valence-electron chi connectivity index (χ2n) is 9.38. The van der Waals surface area contributed by atoms with Crippen molar-refractivity contribution in [2.24, 2.45) is 0 Å². The van der Waals surface area contributed by atoms with Gasteiger partial charge in [0.25, 0.3) is 5.91 Å². The lowest BCUT2D eigenvalue weighted by molar-refractivity contribution is -0.113. The number of para-hydroxylation sites is 1. The zero-order chi connectivity index (χ0) is 25.6. The van der Waals surface area contributed by atoms with Crippen molar-refractivity contribution in [2.75, 3.05) is 4.90 Å². The highest BCUT2D eigenvalue weighted by atomic mass is 32.2. The predicted molar refractivity (Wildman–Crippen MR) is 165 cm³/mol. The number of amides is 1. The number of thiocarbonyl (C=S) groups is 1. The van der Waals surface area contributed by atoms with Gasteiger partial charge in [0.2, 0.25) is 0 Å². The fourth-order valence-electron chi connectivity index (χ4n) is 5.35. The fraction of sp³-hybridized carbons (Fsp3) is 0.0303. The van der Waals surface area contributed by atoms with Gasteiger partial charge in [0, 0.05) is 34.6 Å². The van der Waals surface area contributed by atoms with E-state index < -0.39 is 0 Å². The monoisotopic (exact) mass is 526 g/mol. The van der Waals surface area contributed by atoms with Crippen molar-refractivity contribution in [1.82, 2.24) is 4.57 Å². The minimum atomic E-state index is -0.0813. The Hall–Kier alpha value is -4.19. The number of aromatic nitrogens is 1. The average Bonchev–Trinajstić information content (AvgIpc) is 3.44. The maximum absolute atomic E-state index is 13.7. The van der Waals surface area contributed by atoms with Crippen LogP contribution in [0.2, 0.25) is 0 Å². The third-order valence-corrected chi connectivity index (χ3v) is 8.43. The molecule has 5 aromatic carbocycles. The molecule has 1 aliphatic rings. The first-order valence-corrected chi connectivity index (χ1v) is 13.7. The molecule has 0 saturated carbocycles. The van der Waals surface area contributed by atoms with Gasteiger partial charge in [0.05, 0.1) is 10.6 Å². The van der Waals surface area contributed by atoms with E-state index in [0.29, 0.717) is 9.23 Å². The summed E-state index contributed by atoms with van der Waals surface area (Å²) in [6.45, 7) is 0.743. The number of rotatable bonds is 4. The third kappa shape index (κ3) is 3.83. The lowest BCUT2D eigenvalue weighted by Crippen LogP contribution is -2.27. The number of fused-ring (bicyclic) bond motifs is 3. The zero-order valence-electron chi connectivity index (χ0n) is 20.4. The van der Waals surface area contributed by atoms with E-state index in [4.69, 9.17) is 12.2 Å². The van der Waals surface area contributed by atoms with Crippen molar-refractivity contribution in [1.29, 1.82) is 0 Å². The van der Waals surface area contributed by atoms with Crippen molar-refractivity contribution in [3.05, 3.63) is 131 Å². The Kier molecular flexibility index (Phi) is 5.61. The molecule has 0 bridgehead atoms. The molecule has 5 heteroatoms. The predicted octanol–water partition coefficient (Wildman–Crippen LogP) is 8.40. The van der Waals surface area contributed by atoms with E-state index in [1.807, 2.05) is 42.5 Å². The van der Waals surface area contributed by atoms with Crippen LogP contribution in [0.25, 0.3) is 38.5 Å². The van der Waals surface area contributed by atoms with Crippen LogP contribution in [0.1, 0.15) is 11.1 Å². The lowest BCUT2D eigenvalue weighted by atomic mass is 10.0. The van der Waals surface area contributed by atoms with Gasteiger partial charge in [-0.1, -0.05) is 121 Å². The molecule has 38 heavy (non-hydrogen) atoms. The quantitative estimate of drug-likeness (QED) is 0.170. The number of nitrogens with zero attached hydrogens (tertiary/aromatic N) is 2. The molecule has 0 radical (unpaired) electrons. The molecule has 2 heterocycles. The topological polar surface area (TPSA) is 25.2 Å². The van der Waals surface area contributed by atoms with Gasteiger partial charge in [-0.05, 0) is 39.9 Å². The second kappa shape index (κ2) is 9.28. The average molecular weight is 527 g/mol. The van der Waals surface area contributed by atoms with Crippen molar-refractivity contribution in [3.8, 4) is 0 Å². The summed E-state index contributed by atoms with van der Waals surface area (Å²) >= 11 is 7.07. The number of thioether (sulfide) groups is 1. The van der Waals surface area contributed by atoms with E-state index in [1.54, 1.807) is 4.90 Å². The van der Waals surface area contributed by atoms with Crippen LogP contribution in [0, 0.1) is 0 Å². The fourth-order valence-corrected chi connectivity index (χ4v) is 6.63. The highest BCUT2D eigenvalue weighted by Crippen LogP contribution is 2.39. The Morgan fingerprint density at radius 2 is 1.34 bits per heavy atom. The summed E-state index contributed by atoms with van der Waals surface area (Å²) < 4.78 is 2.83. The van der Waals surface area contributed by atoms with Crippen molar-refractivity contribution in [2.45, 2.75) is 6.54 Å². The number of anilines is 1. The van der Waals surface area contributed by atoms with Crippen LogP contribution in [0.3, 0.4) is 0 Å². The molecule has 1 aromatic heterocycles. The van der Waals surface area contributed by atoms with Crippen LogP contribution in [0.4, 0.5) is 5.69 Å². The summed E-state index contributed by atoms with van der Waals surface area (Å²) in [7, 11) is 0. The van der Waals surface area contributed by atoms with Crippen LogP contribution in [0.5, 0.6) is 0 Å². The summed E-state index contributed by atoms with van der Waals surface area (Å²) in [5.74, 6) is -0.0813. The van der Waals surface area contributed by atoms with Gasteiger partial charge in [-0.3, -0.25) is 9.69 Å². The Labute approximate surface area is 230 Å². The van der Waals surface area contributed by atoms with Crippen LogP contribution in [-0.2, 0) is 11.3 Å². The first-order chi connectivity index (χ1) is 18.7. The minimum Gasteiger partial charge on any atom is -0.342 e. The molecule has 1 aliphatic heterocycles. The van der Waals surface area contributed by atoms with Gasteiger partial charge in [-0.15, -0.1) is 0 Å². The largest absolute Gasteiger partial charge is 0.342 e. The molecule has 0 aliphatic carbocycles. The summed E-state index contributed by atoms with van der Waals surface area (Å²) in [5.41, 5.74) is 4.24. The number of hydrogen-bond acceptors (Lipinski definition) is 3. The molecule has 0 N–H and O–H groups in total. The van der Waals surface area contributed by atoms with Gasteiger partial charge in [0.1, 0.15) is 0 Å². The Balaban J connectivity index is 1.29. The molecule has 6 aromatic rings. The van der Waals surface area contributed by atoms with Crippen LogP contribution in [-0.4, -0.2) is 14.8 Å². The Bertz CT molecular complexity index is 1920. The van der Waals surface area contributed by atoms with Gasteiger partial charge < -0.3 is 4.57 Å². The zero-order valence-corrected chi connectivity index (χ0v) is 22.0. The number of carbonyl (C=O) groups is 1. The summed E-state index contributed by atoms with van der Waals surface area (Å²) in [4.78, 5) is 16.0. The minimum absolute atomic E-state index is 0.0813. The van der Waals surface area contributed by atoms with E-state index in [-0.39, 0.29) is 5.91 Å². The van der Waals surface area contributed by atoms with Gasteiger partial charge in [0.15, 0.2) is 4.32 Å². The van der Waals surface area contributed by atoms with Gasteiger partial charge >= 0.3 is 0 Å². The third-order valence-electron chi connectivity index (χ3n) is 7.13. The molecule has 182 valence electrons. The lowest BCUT2D eigenvalue weighted by Gasteiger charge is -2.17. The molecule has 1 saturated heterocycles. The molecule has 3 nitrogen and oxygen atoms in total.